The van der Waals surface area contributed by atoms with Gasteiger partial charge < -0.3 is 10.2 Å². The van der Waals surface area contributed by atoms with Gasteiger partial charge in [-0.25, -0.2) is 0 Å². The van der Waals surface area contributed by atoms with Gasteiger partial charge in [0.25, 0.3) is 11.5 Å². The van der Waals surface area contributed by atoms with Crippen molar-refractivity contribution in [3.63, 3.8) is 0 Å². The Morgan fingerprint density at radius 1 is 1.03 bits per heavy atom. The summed E-state index contributed by atoms with van der Waals surface area (Å²) in [5.41, 5.74) is 2.52. The Labute approximate surface area is 194 Å². The van der Waals surface area contributed by atoms with Crippen molar-refractivity contribution in [1.82, 2.24) is 9.47 Å². The minimum atomic E-state index is -0.354. The van der Waals surface area contributed by atoms with Crippen LogP contribution in [-0.2, 0) is 11.3 Å². The van der Waals surface area contributed by atoms with Crippen LogP contribution in [0.3, 0.4) is 0 Å². The molecule has 1 fully saturated rings. The summed E-state index contributed by atoms with van der Waals surface area (Å²) in [7, 11) is 0. The summed E-state index contributed by atoms with van der Waals surface area (Å²) < 4.78 is 1.43. The van der Waals surface area contributed by atoms with E-state index in [0.717, 1.165) is 12.8 Å². The van der Waals surface area contributed by atoms with Crippen LogP contribution in [0.15, 0.2) is 59.4 Å². The van der Waals surface area contributed by atoms with Crippen molar-refractivity contribution >= 4 is 28.4 Å². The Bertz CT molecular complexity index is 1220. The number of hydrogen-bond acceptors (Lipinski definition) is 3. The van der Waals surface area contributed by atoms with E-state index in [1.807, 2.05) is 47.4 Å². The van der Waals surface area contributed by atoms with Gasteiger partial charge in [-0.15, -0.1) is 0 Å². The molecule has 0 saturated carbocycles. The molecule has 3 aromatic rings. The molecule has 172 valence electrons. The van der Waals surface area contributed by atoms with Gasteiger partial charge in [-0.2, -0.15) is 0 Å². The fourth-order valence-corrected chi connectivity index (χ4v) is 4.35. The molecule has 33 heavy (non-hydrogen) atoms. The Morgan fingerprint density at radius 3 is 2.36 bits per heavy atom. The summed E-state index contributed by atoms with van der Waals surface area (Å²) in [6.45, 7) is 7.71. The summed E-state index contributed by atoms with van der Waals surface area (Å²) in [4.78, 5) is 40.8. The van der Waals surface area contributed by atoms with E-state index in [4.69, 9.17) is 0 Å². The van der Waals surface area contributed by atoms with Crippen LogP contribution in [0.5, 0.6) is 0 Å². The number of nitrogens with zero attached hydrogens (tertiary/aromatic N) is 2. The average Bonchev–Trinajstić information content (AvgIpc) is 2.81. The maximum Gasteiger partial charge on any atom is 0.254 e. The molecule has 0 spiro atoms. The molecule has 0 aliphatic carbocycles. The van der Waals surface area contributed by atoms with E-state index in [1.165, 1.54) is 16.2 Å². The summed E-state index contributed by atoms with van der Waals surface area (Å²) >= 11 is 0. The van der Waals surface area contributed by atoms with Gasteiger partial charge in [0.15, 0.2) is 0 Å². The molecule has 6 heteroatoms. The van der Waals surface area contributed by atoms with E-state index in [9.17, 15) is 14.4 Å². The largest absolute Gasteiger partial charge is 0.339 e. The number of pyridine rings is 1. The molecule has 2 heterocycles. The van der Waals surface area contributed by atoms with Gasteiger partial charge >= 0.3 is 0 Å². The summed E-state index contributed by atoms with van der Waals surface area (Å²) in [5, 5.41) is 3.56. The Hall–Kier alpha value is -3.41. The van der Waals surface area contributed by atoms with Crippen LogP contribution in [-0.4, -0.2) is 34.4 Å². The monoisotopic (exact) mass is 445 g/mol. The fourth-order valence-electron chi connectivity index (χ4n) is 4.35. The number of hydrogen-bond donors (Lipinski definition) is 1. The molecule has 0 radical (unpaired) electrons. The van der Waals surface area contributed by atoms with Crippen LogP contribution < -0.4 is 10.9 Å². The first kappa shape index (κ1) is 22.8. The second-order valence-corrected chi connectivity index (χ2v) is 9.30. The standard InChI is InChI=1S/C27H31N3O3/c1-18(2)20-8-10-21(11-9-20)28-25(31)17-30-24-7-5-4-6-22(24)23(16-26(30)32)27(33)29-14-12-19(3)13-15-29/h4-11,16,18-19H,12-15,17H2,1-3H3,(H,28,31). The minimum absolute atomic E-state index is 0.114. The number of likely N-dealkylation sites (tertiary alicyclic amines) is 1. The van der Waals surface area contributed by atoms with Crippen molar-refractivity contribution in [1.29, 1.82) is 0 Å². The number of para-hydroxylation sites is 1. The SMILES string of the molecule is CC1CCN(C(=O)c2cc(=O)n(CC(=O)Nc3ccc(C(C)C)cc3)c3ccccc23)CC1. The number of nitrogens with one attached hydrogen (secondary N) is 1. The molecule has 2 aromatic carbocycles. The zero-order valence-electron chi connectivity index (χ0n) is 19.5. The Kier molecular flexibility index (Phi) is 6.63. The molecule has 2 amide bonds. The zero-order chi connectivity index (χ0) is 23.5. The molecule has 6 nitrogen and oxygen atoms in total. The molecular formula is C27H31N3O3. The average molecular weight is 446 g/mol. The van der Waals surface area contributed by atoms with Crippen molar-refractivity contribution in [2.24, 2.45) is 5.92 Å². The third kappa shape index (κ3) is 5.00. The topological polar surface area (TPSA) is 71.4 Å². The van der Waals surface area contributed by atoms with E-state index >= 15 is 0 Å². The Balaban J connectivity index is 1.59. The predicted octanol–water partition coefficient (Wildman–Crippen LogP) is 4.64. The maximum atomic E-state index is 13.2. The number of aromatic nitrogens is 1. The van der Waals surface area contributed by atoms with E-state index in [0.29, 0.717) is 47.1 Å². The zero-order valence-corrected chi connectivity index (χ0v) is 19.5. The normalized spacial score (nSPS) is 14.6. The molecule has 0 unspecified atom stereocenters. The molecule has 0 atom stereocenters. The molecule has 1 aromatic heterocycles. The highest BCUT2D eigenvalue weighted by molar-refractivity contribution is 6.06. The second-order valence-electron chi connectivity index (χ2n) is 9.30. The molecule has 0 bridgehead atoms. The number of amides is 2. The van der Waals surface area contributed by atoms with Gasteiger partial charge in [0, 0.05) is 30.2 Å². The van der Waals surface area contributed by atoms with Gasteiger partial charge in [0.2, 0.25) is 5.91 Å². The van der Waals surface area contributed by atoms with Crippen molar-refractivity contribution in [2.75, 3.05) is 18.4 Å². The van der Waals surface area contributed by atoms with Crippen molar-refractivity contribution in [3.8, 4) is 0 Å². The molecule has 1 saturated heterocycles. The highest BCUT2D eigenvalue weighted by atomic mass is 16.2. The van der Waals surface area contributed by atoms with Crippen LogP contribution in [0.25, 0.3) is 10.9 Å². The first-order valence-corrected chi connectivity index (χ1v) is 11.6. The number of carbonyl (C=O) groups is 2. The van der Waals surface area contributed by atoms with Gasteiger partial charge in [-0.05, 0) is 48.4 Å². The number of benzene rings is 2. The molecule has 1 N–H and O–H groups in total. The maximum absolute atomic E-state index is 13.2. The first-order valence-electron chi connectivity index (χ1n) is 11.6. The number of piperidine rings is 1. The van der Waals surface area contributed by atoms with E-state index in [-0.39, 0.29) is 23.9 Å². The van der Waals surface area contributed by atoms with Crippen molar-refractivity contribution in [3.05, 3.63) is 76.1 Å². The number of anilines is 1. The fraction of sp³-hybridized carbons (Fsp3) is 0.370. The van der Waals surface area contributed by atoms with Gasteiger partial charge in [-0.3, -0.25) is 19.0 Å². The summed E-state index contributed by atoms with van der Waals surface area (Å²) in [6, 6.07) is 16.4. The van der Waals surface area contributed by atoms with Crippen LogP contribution >= 0.6 is 0 Å². The molecular weight excluding hydrogens is 414 g/mol. The van der Waals surface area contributed by atoms with Gasteiger partial charge in [0.1, 0.15) is 6.54 Å². The number of rotatable bonds is 5. The Morgan fingerprint density at radius 2 is 1.70 bits per heavy atom. The van der Waals surface area contributed by atoms with Crippen molar-refractivity contribution < 1.29 is 9.59 Å². The first-order chi connectivity index (χ1) is 15.8. The lowest BCUT2D eigenvalue weighted by Gasteiger charge is -2.30. The smallest absolute Gasteiger partial charge is 0.254 e. The van der Waals surface area contributed by atoms with Gasteiger partial charge in [-0.1, -0.05) is 51.1 Å². The van der Waals surface area contributed by atoms with Crippen LogP contribution in [0.2, 0.25) is 0 Å². The predicted molar refractivity (Wildman–Crippen MR) is 132 cm³/mol. The van der Waals surface area contributed by atoms with Crippen molar-refractivity contribution in [2.45, 2.75) is 46.1 Å². The minimum Gasteiger partial charge on any atom is -0.339 e. The van der Waals surface area contributed by atoms with E-state index in [2.05, 4.69) is 26.1 Å². The quantitative estimate of drug-likeness (QED) is 0.622. The van der Waals surface area contributed by atoms with Crippen LogP contribution in [0.1, 0.15) is 55.5 Å². The summed E-state index contributed by atoms with van der Waals surface area (Å²) in [5.74, 6) is 0.619. The molecule has 1 aliphatic rings. The van der Waals surface area contributed by atoms with Crippen LogP contribution in [0, 0.1) is 5.92 Å². The lowest BCUT2D eigenvalue weighted by molar-refractivity contribution is -0.116. The third-order valence-electron chi connectivity index (χ3n) is 6.48. The summed E-state index contributed by atoms with van der Waals surface area (Å²) in [6.07, 6.45) is 1.94. The van der Waals surface area contributed by atoms with E-state index < -0.39 is 0 Å². The van der Waals surface area contributed by atoms with Gasteiger partial charge in [0.05, 0.1) is 11.1 Å². The second kappa shape index (κ2) is 9.61. The lowest BCUT2D eigenvalue weighted by atomic mass is 9.98. The highest BCUT2D eigenvalue weighted by Gasteiger charge is 2.24. The van der Waals surface area contributed by atoms with E-state index in [1.54, 1.807) is 6.07 Å². The lowest BCUT2D eigenvalue weighted by Crippen LogP contribution is -2.39. The number of fused-ring (bicyclic) bond motifs is 1. The molecule has 4 rings (SSSR count). The van der Waals surface area contributed by atoms with Crippen LogP contribution in [0.4, 0.5) is 5.69 Å². The third-order valence-corrected chi connectivity index (χ3v) is 6.48. The molecule has 1 aliphatic heterocycles. The number of carbonyl (C=O) groups excluding carboxylic acids is 2. The highest BCUT2D eigenvalue weighted by Crippen LogP contribution is 2.23.